The molecule has 5 heteroatoms. The van der Waals surface area contributed by atoms with Gasteiger partial charge in [0, 0.05) is 6.20 Å². The molecule has 1 aromatic rings. The van der Waals surface area contributed by atoms with Crippen molar-refractivity contribution in [1.82, 2.24) is 4.98 Å². The number of hydrogen-bond acceptors (Lipinski definition) is 5. The second-order valence-electron chi connectivity index (χ2n) is 3.26. The van der Waals surface area contributed by atoms with Gasteiger partial charge in [0.25, 0.3) is 0 Å². The first-order valence-electron chi connectivity index (χ1n) is 5.07. The standard InChI is InChI=1S/C11H12N2O3/c1-2-15-11(14)9-10(16-7-13-9)8-5-3-4-6-12-8/h3-7,9-10H,2H2,1H3/t9-,10+/m0/s1. The second kappa shape index (κ2) is 4.74. The van der Waals surface area contributed by atoms with Crippen molar-refractivity contribution in [2.75, 3.05) is 6.61 Å². The Morgan fingerprint density at radius 1 is 1.56 bits per heavy atom. The van der Waals surface area contributed by atoms with Crippen LogP contribution >= 0.6 is 0 Å². The van der Waals surface area contributed by atoms with Crippen LogP contribution < -0.4 is 0 Å². The van der Waals surface area contributed by atoms with E-state index in [4.69, 9.17) is 9.47 Å². The van der Waals surface area contributed by atoms with E-state index in [1.165, 1.54) is 6.40 Å². The maximum atomic E-state index is 11.6. The summed E-state index contributed by atoms with van der Waals surface area (Å²) < 4.78 is 10.2. The summed E-state index contributed by atoms with van der Waals surface area (Å²) in [4.78, 5) is 19.7. The largest absolute Gasteiger partial charge is 0.471 e. The van der Waals surface area contributed by atoms with Gasteiger partial charge < -0.3 is 9.47 Å². The number of esters is 1. The first-order chi connectivity index (χ1) is 7.83. The number of carbonyl (C=O) groups is 1. The third-order valence-electron chi connectivity index (χ3n) is 2.22. The summed E-state index contributed by atoms with van der Waals surface area (Å²) in [7, 11) is 0. The number of hydrogen-bond donors (Lipinski definition) is 0. The minimum atomic E-state index is -0.644. The van der Waals surface area contributed by atoms with Crippen LogP contribution in [-0.2, 0) is 14.3 Å². The summed E-state index contributed by atoms with van der Waals surface area (Å²) in [5, 5.41) is 0. The molecule has 1 aliphatic heterocycles. The highest BCUT2D eigenvalue weighted by atomic mass is 16.5. The molecule has 0 aromatic carbocycles. The van der Waals surface area contributed by atoms with E-state index in [-0.39, 0.29) is 5.97 Å². The van der Waals surface area contributed by atoms with Crippen LogP contribution in [0.5, 0.6) is 0 Å². The van der Waals surface area contributed by atoms with Crippen molar-refractivity contribution in [2.45, 2.75) is 19.1 Å². The summed E-state index contributed by atoms with van der Waals surface area (Å²) in [5.41, 5.74) is 0.679. The Bertz CT molecular complexity index is 391. The van der Waals surface area contributed by atoms with E-state index in [0.717, 1.165) is 0 Å². The Balaban J connectivity index is 2.14. The zero-order valence-electron chi connectivity index (χ0n) is 8.87. The summed E-state index contributed by atoms with van der Waals surface area (Å²) in [6.45, 7) is 2.09. The first-order valence-corrected chi connectivity index (χ1v) is 5.07. The highest BCUT2D eigenvalue weighted by Crippen LogP contribution is 2.25. The van der Waals surface area contributed by atoms with Crippen LogP contribution in [0.4, 0.5) is 0 Å². The monoisotopic (exact) mass is 220 g/mol. The average Bonchev–Trinajstić information content (AvgIpc) is 2.79. The van der Waals surface area contributed by atoms with Crippen molar-refractivity contribution < 1.29 is 14.3 Å². The molecule has 2 atom stereocenters. The van der Waals surface area contributed by atoms with Crippen LogP contribution in [0.25, 0.3) is 0 Å². The van der Waals surface area contributed by atoms with Gasteiger partial charge in [0.1, 0.15) is 0 Å². The molecule has 1 aromatic heterocycles. The van der Waals surface area contributed by atoms with Crippen molar-refractivity contribution in [3.05, 3.63) is 30.1 Å². The fraction of sp³-hybridized carbons (Fsp3) is 0.364. The minimum absolute atomic E-state index is 0.333. The average molecular weight is 220 g/mol. The van der Waals surface area contributed by atoms with Gasteiger partial charge in [0.05, 0.1) is 12.3 Å². The normalized spacial score (nSPS) is 22.8. The van der Waals surface area contributed by atoms with E-state index in [0.29, 0.717) is 12.3 Å². The molecule has 5 nitrogen and oxygen atoms in total. The number of carbonyl (C=O) groups excluding carboxylic acids is 1. The maximum Gasteiger partial charge on any atom is 0.335 e. The molecular weight excluding hydrogens is 208 g/mol. The molecule has 0 saturated heterocycles. The lowest BCUT2D eigenvalue weighted by Gasteiger charge is -2.14. The molecule has 2 heterocycles. The van der Waals surface area contributed by atoms with Crippen molar-refractivity contribution in [2.24, 2.45) is 4.99 Å². The van der Waals surface area contributed by atoms with E-state index >= 15 is 0 Å². The number of pyridine rings is 1. The van der Waals surface area contributed by atoms with E-state index in [1.807, 2.05) is 6.07 Å². The van der Waals surface area contributed by atoms with Gasteiger partial charge in [-0.2, -0.15) is 0 Å². The summed E-state index contributed by atoms with van der Waals surface area (Å²) in [6, 6.07) is 4.80. The molecule has 0 saturated carbocycles. The van der Waals surface area contributed by atoms with Gasteiger partial charge in [-0.3, -0.25) is 4.98 Å². The van der Waals surface area contributed by atoms with E-state index in [1.54, 1.807) is 25.3 Å². The molecule has 2 rings (SSSR count). The van der Waals surface area contributed by atoms with E-state index in [2.05, 4.69) is 9.98 Å². The highest BCUT2D eigenvalue weighted by molar-refractivity contribution is 5.80. The van der Waals surface area contributed by atoms with Crippen LogP contribution in [-0.4, -0.2) is 30.0 Å². The topological polar surface area (TPSA) is 60.8 Å². The Morgan fingerprint density at radius 2 is 2.44 bits per heavy atom. The summed E-state index contributed by atoms with van der Waals surface area (Å²) in [6.07, 6.45) is 2.46. The Kier molecular flexibility index (Phi) is 3.14. The lowest BCUT2D eigenvalue weighted by atomic mass is 10.1. The summed E-state index contributed by atoms with van der Waals surface area (Å²) >= 11 is 0. The predicted octanol–water partition coefficient (Wildman–Crippen LogP) is 1.11. The summed E-state index contributed by atoms with van der Waals surface area (Å²) in [5.74, 6) is -0.382. The van der Waals surface area contributed by atoms with Gasteiger partial charge in [0.2, 0.25) is 0 Å². The Hall–Kier alpha value is -1.91. The molecule has 0 amide bonds. The number of rotatable bonds is 3. The third kappa shape index (κ3) is 2.03. The molecular formula is C11H12N2O3. The Morgan fingerprint density at radius 3 is 3.12 bits per heavy atom. The minimum Gasteiger partial charge on any atom is -0.471 e. The molecule has 0 spiro atoms. The molecule has 1 aliphatic rings. The Labute approximate surface area is 93.1 Å². The van der Waals surface area contributed by atoms with Gasteiger partial charge in [-0.05, 0) is 19.1 Å². The smallest absolute Gasteiger partial charge is 0.335 e. The molecule has 0 fully saturated rings. The van der Waals surface area contributed by atoms with Crippen molar-refractivity contribution >= 4 is 12.4 Å². The molecule has 84 valence electrons. The van der Waals surface area contributed by atoms with Crippen molar-refractivity contribution in [3.63, 3.8) is 0 Å². The predicted molar refractivity (Wildman–Crippen MR) is 57.0 cm³/mol. The zero-order chi connectivity index (χ0) is 11.4. The highest BCUT2D eigenvalue weighted by Gasteiger charge is 2.35. The van der Waals surface area contributed by atoms with Crippen LogP contribution in [0.15, 0.2) is 29.4 Å². The second-order valence-corrected chi connectivity index (χ2v) is 3.26. The van der Waals surface area contributed by atoms with Gasteiger partial charge in [-0.15, -0.1) is 0 Å². The fourth-order valence-corrected chi connectivity index (χ4v) is 1.51. The quantitative estimate of drug-likeness (QED) is 0.716. The van der Waals surface area contributed by atoms with Gasteiger partial charge >= 0.3 is 5.97 Å². The number of nitrogens with zero attached hydrogens (tertiary/aromatic N) is 2. The third-order valence-corrected chi connectivity index (χ3v) is 2.22. The molecule has 0 N–H and O–H groups in total. The van der Waals surface area contributed by atoms with E-state index in [9.17, 15) is 4.79 Å². The SMILES string of the molecule is CCOC(=O)[C@H]1N=CO[C@@H]1c1ccccn1. The fourth-order valence-electron chi connectivity index (χ4n) is 1.51. The zero-order valence-corrected chi connectivity index (χ0v) is 8.87. The lowest BCUT2D eigenvalue weighted by Crippen LogP contribution is -2.26. The molecule has 0 radical (unpaired) electrons. The maximum absolute atomic E-state index is 11.6. The van der Waals surface area contributed by atoms with Crippen LogP contribution in [0.2, 0.25) is 0 Å². The molecule has 0 aliphatic carbocycles. The lowest BCUT2D eigenvalue weighted by molar-refractivity contribution is -0.146. The van der Waals surface area contributed by atoms with Crippen molar-refractivity contribution in [1.29, 1.82) is 0 Å². The molecule has 0 bridgehead atoms. The van der Waals surface area contributed by atoms with Crippen LogP contribution in [0, 0.1) is 0 Å². The number of aliphatic imine (C=N–C) groups is 1. The van der Waals surface area contributed by atoms with Gasteiger partial charge in [-0.1, -0.05) is 6.07 Å². The van der Waals surface area contributed by atoms with Crippen LogP contribution in [0.1, 0.15) is 18.7 Å². The van der Waals surface area contributed by atoms with E-state index < -0.39 is 12.1 Å². The number of aromatic nitrogens is 1. The van der Waals surface area contributed by atoms with Gasteiger partial charge in [0.15, 0.2) is 18.5 Å². The van der Waals surface area contributed by atoms with Crippen LogP contribution in [0.3, 0.4) is 0 Å². The first kappa shape index (κ1) is 10.6. The molecule has 0 unspecified atom stereocenters. The number of ether oxygens (including phenoxy) is 2. The van der Waals surface area contributed by atoms with Crippen molar-refractivity contribution in [3.8, 4) is 0 Å². The molecule has 16 heavy (non-hydrogen) atoms. The van der Waals surface area contributed by atoms with Gasteiger partial charge in [-0.25, -0.2) is 9.79 Å².